The van der Waals surface area contributed by atoms with E-state index < -0.39 is 6.10 Å². The van der Waals surface area contributed by atoms with Gasteiger partial charge in [-0.25, -0.2) is 0 Å². The third kappa shape index (κ3) is 2.45. The molecular weight excluding hydrogens is 222 g/mol. The number of rotatable bonds is 3. The van der Waals surface area contributed by atoms with Gasteiger partial charge in [0.05, 0.1) is 6.10 Å². The van der Waals surface area contributed by atoms with Gasteiger partial charge in [0.2, 0.25) is 0 Å². The van der Waals surface area contributed by atoms with Gasteiger partial charge in [-0.1, -0.05) is 42.5 Å². The minimum Gasteiger partial charge on any atom is -0.387 e. The Morgan fingerprint density at radius 3 is 2.33 bits per heavy atom. The lowest BCUT2D eigenvalue weighted by molar-refractivity contribution is 0.187. The summed E-state index contributed by atoms with van der Waals surface area (Å²) in [7, 11) is 0. The first kappa shape index (κ1) is 12.8. The number of benzene rings is 2. The number of aliphatic hydroxyl groups is 1. The van der Waals surface area contributed by atoms with Crippen molar-refractivity contribution < 1.29 is 5.11 Å². The van der Waals surface area contributed by atoms with Crippen molar-refractivity contribution in [2.75, 3.05) is 6.54 Å². The summed E-state index contributed by atoms with van der Waals surface area (Å²) in [6.07, 6.45) is -0.572. The second-order valence-electron chi connectivity index (χ2n) is 4.62. The van der Waals surface area contributed by atoms with Gasteiger partial charge in [-0.15, -0.1) is 0 Å². The standard InChI is InChI=1S/C16H19NO/c1-11-4-3-5-15(12(11)2)13-6-8-14(9-7-13)16(18)10-17/h3-9,16,18H,10,17H2,1-2H3. The first-order valence-electron chi connectivity index (χ1n) is 6.18. The molecule has 2 aromatic rings. The fourth-order valence-corrected chi connectivity index (χ4v) is 2.08. The van der Waals surface area contributed by atoms with E-state index in [0.717, 1.165) is 5.56 Å². The Bertz CT molecular complexity index is 531. The zero-order valence-electron chi connectivity index (χ0n) is 10.9. The van der Waals surface area contributed by atoms with Crippen molar-refractivity contribution in [2.45, 2.75) is 20.0 Å². The van der Waals surface area contributed by atoms with Gasteiger partial charge in [-0.05, 0) is 41.7 Å². The molecule has 0 heterocycles. The molecule has 2 nitrogen and oxygen atoms in total. The highest BCUT2D eigenvalue weighted by molar-refractivity contribution is 5.68. The first-order valence-corrected chi connectivity index (χ1v) is 6.18. The van der Waals surface area contributed by atoms with Crippen LogP contribution in [0.1, 0.15) is 22.8 Å². The topological polar surface area (TPSA) is 46.2 Å². The van der Waals surface area contributed by atoms with Crippen LogP contribution in [0.15, 0.2) is 42.5 Å². The van der Waals surface area contributed by atoms with Crippen LogP contribution in [0, 0.1) is 13.8 Å². The lowest BCUT2D eigenvalue weighted by Gasteiger charge is -2.11. The van der Waals surface area contributed by atoms with Crippen LogP contribution in [0.2, 0.25) is 0 Å². The Kier molecular flexibility index (Phi) is 3.80. The molecule has 0 aliphatic heterocycles. The van der Waals surface area contributed by atoms with E-state index in [2.05, 4.69) is 32.0 Å². The van der Waals surface area contributed by atoms with Crippen LogP contribution in [0.4, 0.5) is 0 Å². The zero-order chi connectivity index (χ0) is 13.1. The molecule has 0 radical (unpaired) electrons. The van der Waals surface area contributed by atoms with Gasteiger partial charge in [-0.3, -0.25) is 0 Å². The van der Waals surface area contributed by atoms with E-state index in [1.165, 1.54) is 22.3 Å². The van der Waals surface area contributed by atoms with Crippen molar-refractivity contribution in [1.29, 1.82) is 0 Å². The maximum atomic E-state index is 9.66. The van der Waals surface area contributed by atoms with Crippen LogP contribution in [-0.2, 0) is 0 Å². The second-order valence-corrected chi connectivity index (χ2v) is 4.62. The van der Waals surface area contributed by atoms with E-state index in [-0.39, 0.29) is 6.54 Å². The molecule has 1 atom stereocenters. The Labute approximate surface area is 108 Å². The predicted molar refractivity (Wildman–Crippen MR) is 75.4 cm³/mol. The van der Waals surface area contributed by atoms with Crippen molar-refractivity contribution in [1.82, 2.24) is 0 Å². The summed E-state index contributed by atoms with van der Waals surface area (Å²) in [6, 6.07) is 14.3. The molecule has 2 heteroatoms. The van der Waals surface area contributed by atoms with Crippen LogP contribution < -0.4 is 5.73 Å². The van der Waals surface area contributed by atoms with Gasteiger partial charge in [0.1, 0.15) is 0 Å². The van der Waals surface area contributed by atoms with Crippen LogP contribution >= 0.6 is 0 Å². The van der Waals surface area contributed by atoms with Crippen LogP contribution in [-0.4, -0.2) is 11.7 Å². The average Bonchev–Trinajstić information content (AvgIpc) is 2.41. The molecule has 0 fully saturated rings. The Morgan fingerprint density at radius 2 is 1.72 bits per heavy atom. The lowest BCUT2D eigenvalue weighted by Crippen LogP contribution is -2.11. The van der Waals surface area contributed by atoms with Gasteiger partial charge in [0.15, 0.2) is 0 Å². The molecule has 0 bridgehead atoms. The van der Waals surface area contributed by atoms with Gasteiger partial charge >= 0.3 is 0 Å². The van der Waals surface area contributed by atoms with E-state index in [1.54, 1.807) is 0 Å². The van der Waals surface area contributed by atoms with E-state index in [9.17, 15) is 5.11 Å². The Hall–Kier alpha value is -1.64. The summed E-state index contributed by atoms with van der Waals surface area (Å²) in [5.74, 6) is 0. The molecule has 0 saturated carbocycles. The number of aliphatic hydroxyl groups excluding tert-OH is 1. The molecule has 0 aliphatic rings. The first-order chi connectivity index (χ1) is 8.63. The fourth-order valence-electron chi connectivity index (χ4n) is 2.08. The van der Waals surface area contributed by atoms with E-state index >= 15 is 0 Å². The molecule has 0 amide bonds. The van der Waals surface area contributed by atoms with Gasteiger partial charge in [0.25, 0.3) is 0 Å². The SMILES string of the molecule is Cc1cccc(-c2ccc(C(O)CN)cc2)c1C. The molecule has 0 aliphatic carbocycles. The van der Waals surface area contributed by atoms with Crippen LogP contribution in [0.25, 0.3) is 11.1 Å². The smallest absolute Gasteiger partial charge is 0.0912 e. The number of hydrogen-bond acceptors (Lipinski definition) is 2. The van der Waals surface area contributed by atoms with Crippen molar-refractivity contribution in [2.24, 2.45) is 5.73 Å². The molecule has 0 saturated heterocycles. The normalized spacial score (nSPS) is 12.4. The minimum absolute atomic E-state index is 0.253. The van der Waals surface area contributed by atoms with Gasteiger partial charge in [0, 0.05) is 6.54 Å². The van der Waals surface area contributed by atoms with Crippen LogP contribution in [0.5, 0.6) is 0 Å². The summed E-state index contributed by atoms with van der Waals surface area (Å²) in [6.45, 7) is 4.50. The zero-order valence-corrected chi connectivity index (χ0v) is 10.9. The molecule has 94 valence electrons. The predicted octanol–water partition coefficient (Wildman–Crippen LogP) is 2.96. The monoisotopic (exact) mass is 241 g/mol. The summed E-state index contributed by atoms with van der Waals surface area (Å²) >= 11 is 0. The maximum Gasteiger partial charge on any atom is 0.0912 e. The maximum absolute atomic E-state index is 9.66. The molecule has 0 aromatic heterocycles. The highest BCUT2D eigenvalue weighted by Gasteiger charge is 2.07. The molecule has 0 spiro atoms. The van der Waals surface area contributed by atoms with Crippen molar-refractivity contribution >= 4 is 0 Å². The number of aryl methyl sites for hydroxylation is 1. The largest absolute Gasteiger partial charge is 0.387 e. The highest BCUT2D eigenvalue weighted by Crippen LogP contribution is 2.26. The quantitative estimate of drug-likeness (QED) is 0.867. The van der Waals surface area contributed by atoms with E-state index in [0.29, 0.717) is 0 Å². The van der Waals surface area contributed by atoms with Crippen molar-refractivity contribution in [3.8, 4) is 11.1 Å². The lowest BCUT2D eigenvalue weighted by atomic mass is 9.96. The second kappa shape index (κ2) is 5.34. The fraction of sp³-hybridized carbons (Fsp3) is 0.250. The molecule has 2 aromatic carbocycles. The molecule has 2 rings (SSSR count). The van der Waals surface area contributed by atoms with Crippen molar-refractivity contribution in [3.63, 3.8) is 0 Å². The number of hydrogen-bond donors (Lipinski definition) is 2. The molecule has 18 heavy (non-hydrogen) atoms. The summed E-state index contributed by atoms with van der Waals surface area (Å²) in [4.78, 5) is 0. The molecule has 1 unspecified atom stereocenters. The Balaban J connectivity index is 2.37. The third-order valence-electron chi connectivity index (χ3n) is 3.43. The molecule has 3 N–H and O–H groups in total. The van der Waals surface area contributed by atoms with E-state index in [1.807, 2.05) is 24.3 Å². The minimum atomic E-state index is -0.572. The summed E-state index contributed by atoms with van der Waals surface area (Å²) in [5.41, 5.74) is 11.3. The highest BCUT2D eigenvalue weighted by atomic mass is 16.3. The Morgan fingerprint density at radius 1 is 1.06 bits per heavy atom. The van der Waals surface area contributed by atoms with Gasteiger partial charge in [-0.2, -0.15) is 0 Å². The summed E-state index contributed by atoms with van der Waals surface area (Å²) < 4.78 is 0. The average molecular weight is 241 g/mol. The van der Waals surface area contributed by atoms with E-state index in [4.69, 9.17) is 5.73 Å². The molecular formula is C16H19NO. The van der Waals surface area contributed by atoms with Crippen molar-refractivity contribution in [3.05, 3.63) is 59.2 Å². The van der Waals surface area contributed by atoms with Crippen LogP contribution in [0.3, 0.4) is 0 Å². The third-order valence-corrected chi connectivity index (χ3v) is 3.43. The van der Waals surface area contributed by atoms with Gasteiger partial charge < -0.3 is 10.8 Å². The summed E-state index contributed by atoms with van der Waals surface area (Å²) in [5, 5.41) is 9.66. The number of nitrogens with two attached hydrogens (primary N) is 1.